The Morgan fingerprint density at radius 1 is 1.60 bits per heavy atom. The van der Waals surface area contributed by atoms with E-state index in [1.807, 2.05) is 14.0 Å². The quantitative estimate of drug-likeness (QED) is 0.774. The number of hydrogen-bond acceptors (Lipinski definition) is 2. The van der Waals surface area contributed by atoms with Gasteiger partial charge in [0.15, 0.2) is 0 Å². The Morgan fingerprint density at radius 3 is 2.40 bits per heavy atom. The third kappa shape index (κ3) is 1.10. The van der Waals surface area contributed by atoms with Gasteiger partial charge in [0.25, 0.3) is 0 Å². The molecule has 0 N–H and O–H groups in total. The molecule has 0 spiro atoms. The predicted octanol–water partition coefficient (Wildman–Crippen LogP) is 1.01. The van der Waals surface area contributed by atoms with E-state index in [-0.39, 0.29) is 0 Å². The summed E-state index contributed by atoms with van der Waals surface area (Å²) in [6.45, 7) is 1.99. The number of hydrogen-bond donors (Lipinski definition) is 0. The molecule has 0 radical (unpaired) electrons. The van der Waals surface area contributed by atoms with Crippen LogP contribution in [0.5, 0.6) is 5.95 Å². The summed E-state index contributed by atoms with van der Waals surface area (Å²) in [6, 6.07) is 0. The first-order valence-electron chi connectivity index (χ1n) is 2.87. The summed E-state index contributed by atoms with van der Waals surface area (Å²) >= 11 is 1.39. The molecule has 0 aliphatic carbocycles. The third-order valence-electron chi connectivity index (χ3n) is 1.32. The van der Waals surface area contributed by atoms with Crippen molar-refractivity contribution < 1.29 is 28.6 Å². The molecule has 1 heterocycles. The molecule has 0 saturated carbocycles. The fourth-order valence-electron chi connectivity index (χ4n) is 0.748. The van der Waals surface area contributed by atoms with E-state index in [2.05, 4.69) is 0 Å². The van der Waals surface area contributed by atoms with Gasteiger partial charge >= 0.3 is 69.6 Å². The first kappa shape index (κ1) is 7.80. The molecule has 1 aromatic rings. The maximum absolute atomic E-state index is 5.21. The molecule has 0 aliphatic heterocycles. The van der Waals surface area contributed by atoms with Gasteiger partial charge in [0.1, 0.15) is 0 Å². The standard InChI is InChI=1S/C6H9NO2.W/c1-5-4-7(2)9-6(5)8-3;/h1-3H3;. The number of aromatic nitrogens is 1. The van der Waals surface area contributed by atoms with Gasteiger partial charge in [-0.3, -0.25) is 0 Å². The molecule has 0 unspecified atom stereocenters. The maximum atomic E-state index is 5.21. The summed E-state index contributed by atoms with van der Waals surface area (Å²) in [7, 11) is 3.48. The molecule has 3 nitrogen and oxygen atoms in total. The average Bonchev–Trinajstić information content (AvgIpc) is 2.17. The van der Waals surface area contributed by atoms with Crippen LogP contribution in [0.3, 0.4) is 0 Å². The summed E-state index contributed by atoms with van der Waals surface area (Å²) in [5, 5.41) is 0. The van der Waals surface area contributed by atoms with Crippen molar-refractivity contribution in [2.45, 2.75) is 6.92 Å². The molecular formula is C6H9NO2W. The topological polar surface area (TPSA) is 27.3 Å². The van der Waals surface area contributed by atoms with Crippen LogP contribution in [0.1, 0.15) is 5.56 Å². The molecule has 4 heteroatoms. The molecule has 0 aliphatic rings. The van der Waals surface area contributed by atoms with Gasteiger partial charge in [-0.05, 0) is 0 Å². The van der Waals surface area contributed by atoms with Crippen LogP contribution in [-0.4, -0.2) is 11.8 Å². The van der Waals surface area contributed by atoms with E-state index in [0.717, 1.165) is 5.56 Å². The first-order valence-corrected chi connectivity index (χ1v) is 4.34. The fraction of sp³-hybridized carbons (Fsp3) is 0.500. The third-order valence-corrected chi connectivity index (χ3v) is 3.34. The molecule has 0 amide bonds. The van der Waals surface area contributed by atoms with E-state index in [1.165, 1.54) is 23.0 Å². The van der Waals surface area contributed by atoms with Crippen LogP contribution in [0.4, 0.5) is 0 Å². The second-order valence-corrected chi connectivity index (χ2v) is 3.40. The molecule has 0 bridgehead atoms. The molecule has 1 aromatic heterocycles. The van der Waals surface area contributed by atoms with Gasteiger partial charge in [-0.1, -0.05) is 0 Å². The summed E-state index contributed by atoms with van der Waals surface area (Å²) in [5.74, 6) is 0.618. The first-order chi connectivity index (χ1) is 4.66. The van der Waals surface area contributed by atoms with Crippen molar-refractivity contribution >= 4 is 0 Å². The molecule has 0 atom stereocenters. The fourth-order valence-corrected chi connectivity index (χ4v) is 1.18. The van der Waals surface area contributed by atoms with Gasteiger partial charge in [0.2, 0.25) is 0 Å². The Balaban J connectivity index is 3.31. The normalized spacial score (nSPS) is 9.90. The number of aryl methyl sites for hydroxylation is 1. The summed E-state index contributed by atoms with van der Waals surface area (Å²) in [4.78, 5) is 0. The monoisotopic (exact) mass is 311 g/mol. The zero-order chi connectivity index (χ0) is 7.72. The van der Waals surface area contributed by atoms with Crippen molar-refractivity contribution in [3.63, 3.8) is 0 Å². The van der Waals surface area contributed by atoms with Crippen molar-refractivity contribution in [1.82, 2.24) is 4.74 Å². The van der Waals surface area contributed by atoms with Gasteiger partial charge in [-0.2, -0.15) is 0 Å². The van der Waals surface area contributed by atoms with Crippen LogP contribution in [0.15, 0.2) is 4.52 Å². The Hall–Kier alpha value is -0.302. The van der Waals surface area contributed by atoms with E-state index >= 15 is 0 Å². The van der Waals surface area contributed by atoms with Crippen molar-refractivity contribution in [2.75, 3.05) is 7.11 Å². The molecule has 1 rings (SSSR count). The van der Waals surface area contributed by atoms with Crippen molar-refractivity contribution in [3.8, 4) is 5.95 Å². The van der Waals surface area contributed by atoms with E-state index in [0.29, 0.717) is 5.95 Å². The minimum atomic E-state index is 0.618. The number of rotatable bonds is 1. The minimum absolute atomic E-state index is 0.618. The zero-order valence-corrected chi connectivity index (χ0v) is 9.11. The molecule has 0 saturated heterocycles. The van der Waals surface area contributed by atoms with E-state index in [1.54, 1.807) is 11.8 Å². The van der Waals surface area contributed by atoms with Crippen LogP contribution in [0.2, 0.25) is 0 Å². The second kappa shape index (κ2) is 2.75. The van der Waals surface area contributed by atoms with Crippen molar-refractivity contribution in [1.29, 1.82) is 0 Å². The SMILES string of the molecule is COc1on(C)[c](=[W])c1C. The molecule has 10 heavy (non-hydrogen) atoms. The van der Waals surface area contributed by atoms with E-state index < -0.39 is 0 Å². The van der Waals surface area contributed by atoms with Crippen LogP contribution < -0.4 is 4.74 Å². The van der Waals surface area contributed by atoms with Gasteiger partial charge in [-0.25, -0.2) is 0 Å². The number of nitrogens with zero attached hydrogens (tertiary/aromatic N) is 1. The average molecular weight is 311 g/mol. The van der Waals surface area contributed by atoms with Gasteiger partial charge in [-0.15, -0.1) is 0 Å². The Kier molecular flexibility index (Phi) is 2.14. The Morgan fingerprint density at radius 2 is 2.20 bits per heavy atom. The molecule has 56 valence electrons. The zero-order valence-electron chi connectivity index (χ0n) is 6.17. The Bertz CT molecular complexity index is 286. The molecule has 0 fully saturated rings. The van der Waals surface area contributed by atoms with Crippen LogP contribution in [-0.2, 0) is 26.4 Å². The Labute approximate surface area is 70.0 Å². The summed E-state index contributed by atoms with van der Waals surface area (Å²) < 4.78 is 13.1. The van der Waals surface area contributed by atoms with Gasteiger partial charge in [0, 0.05) is 0 Å². The molecule has 0 aromatic carbocycles. The predicted molar refractivity (Wildman–Crippen MR) is 32.2 cm³/mol. The molecular weight excluding hydrogens is 302 g/mol. The number of methoxy groups -OCH3 is 1. The van der Waals surface area contributed by atoms with E-state index in [4.69, 9.17) is 9.26 Å². The van der Waals surface area contributed by atoms with Gasteiger partial charge in [0.05, 0.1) is 0 Å². The number of ether oxygens (including phenoxy) is 1. The van der Waals surface area contributed by atoms with Crippen molar-refractivity contribution in [2.24, 2.45) is 7.05 Å². The van der Waals surface area contributed by atoms with Crippen LogP contribution in [0, 0.1) is 10.6 Å². The van der Waals surface area contributed by atoms with Crippen LogP contribution in [0.25, 0.3) is 0 Å². The van der Waals surface area contributed by atoms with Crippen LogP contribution >= 0.6 is 0 Å². The second-order valence-electron chi connectivity index (χ2n) is 2.01. The van der Waals surface area contributed by atoms with E-state index in [9.17, 15) is 0 Å². The van der Waals surface area contributed by atoms with Crippen molar-refractivity contribution in [3.05, 3.63) is 9.24 Å². The summed E-state index contributed by atoms with van der Waals surface area (Å²) in [6.07, 6.45) is 0. The summed E-state index contributed by atoms with van der Waals surface area (Å²) in [5.41, 5.74) is 1.10. The van der Waals surface area contributed by atoms with Gasteiger partial charge < -0.3 is 0 Å².